The van der Waals surface area contributed by atoms with Crippen molar-refractivity contribution in [3.63, 3.8) is 0 Å². The van der Waals surface area contributed by atoms with Gasteiger partial charge in [0.25, 0.3) is 5.91 Å². The van der Waals surface area contributed by atoms with Crippen LogP contribution in [0.3, 0.4) is 0 Å². The molecule has 0 saturated heterocycles. The molecule has 1 amide bonds. The van der Waals surface area contributed by atoms with Gasteiger partial charge < -0.3 is 4.90 Å². The fourth-order valence-electron chi connectivity index (χ4n) is 1.21. The molecule has 17 heavy (non-hydrogen) atoms. The van der Waals surface area contributed by atoms with Crippen LogP contribution in [0.25, 0.3) is 0 Å². The molecular formula is C12H14Cl2INO. The number of carbonyl (C=O) groups excluding carboxylic acids is 1. The summed E-state index contributed by atoms with van der Waals surface area (Å²) < 4.78 is 0.884. The average Bonchev–Trinajstić information content (AvgIpc) is 2.30. The van der Waals surface area contributed by atoms with Crippen LogP contribution < -0.4 is 0 Å². The molecule has 0 bridgehead atoms. The van der Waals surface area contributed by atoms with E-state index in [2.05, 4.69) is 22.6 Å². The normalized spacial score (nSPS) is 11.4. The number of benzene rings is 1. The predicted molar refractivity (Wildman–Crippen MR) is 81.1 cm³/mol. The first-order valence-corrected chi connectivity index (χ1v) is 7.08. The Labute approximate surface area is 125 Å². The highest BCUT2D eigenvalue weighted by atomic mass is 127. The SMILES string of the molecule is CN(C(=O)c1cc(Cl)ccc1I)C(C)(C)CCl. The van der Waals surface area contributed by atoms with Crippen molar-refractivity contribution < 1.29 is 4.79 Å². The largest absolute Gasteiger partial charge is 0.335 e. The third kappa shape index (κ3) is 3.48. The quantitative estimate of drug-likeness (QED) is 0.568. The van der Waals surface area contributed by atoms with E-state index in [1.165, 1.54) is 0 Å². The molecule has 1 aromatic rings. The topological polar surface area (TPSA) is 20.3 Å². The first-order valence-electron chi connectivity index (χ1n) is 5.09. The number of amides is 1. The van der Waals surface area contributed by atoms with Crippen LogP contribution in [0.15, 0.2) is 18.2 Å². The number of nitrogens with zero attached hydrogens (tertiary/aromatic N) is 1. The minimum Gasteiger partial charge on any atom is -0.335 e. The van der Waals surface area contributed by atoms with E-state index in [0.29, 0.717) is 16.5 Å². The van der Waals surface area contributed by atoms with Crippen LogP contribution in [-0.2, 0) is 0 Å². The van der Waals surface area contributed by atoms with Crippen LogP contribution in [0.1, 0.15) is 24.2 Å². The van der Waals surface area contributed by atoms with Crippen LogP contribution in [0.5, 0.6) is 0 Å². The molecule has 0 aliphatic carbocycles. The van der Waals surface area contributed by atoms with Gasteiger partial charge in [-0.1, -0.05) is 11.6 Å². The summed E-state index contributed by atoms with van der Waals surface area (Å²) in [4.78, 5) is 14.0. The number of alkyl halides is 1. The number of rotatable bonds is 3. The maximum Gasteiger partial charge on any atom is 0.255 e. The van der Waals surface area contributed by atoms with E-state index in [0.717, 1.165) is 3.57 Å². The summed E-state index contributed by atoms with van der Waals surface area (Å²) in [5.74, 6) is 0.314. The Morgan fingerprint density at radius 1 is 1.47 bits per heavy atom. The molecule has 0 aliphatic heterocycles. The van der Waals surface area contributed by atoms with Gasteiger partial charge in [0, 0.05) is 21.5 Å². The van der Waals surface area contributed by atoms with Crippen molar-refractivity contribution in [3.05, 3.63) is 32.4 Å². The average molecular weight is 386 g/mol. The molecule has 0 heterocycles. The van der Waals surface area contributed by atoms with Crippen LogP contribution >= 0.6 is 45.8 Å². The Hall–Kier alpha value is -0.0000000000000000555. The van der Waals surface area contributed by atoms with E-state index in [-0.39, 0.29) is 11.4 Å². The highest BCUT2D eigenvalue weighted by Crippen LogP contribution is 2.23. The lowest BCUT2D eigenvalue weighted by Gasteiger charge is -2.34. The van der Waals surface area contributed by atoms with Crippen molar-refractivity contribution in [2.24, 2.45) is 0 Å². The summed E-state index contributed by atoms with van der Waals surface area (Å²) in [6.45, 7) is 3.85. The summed E-state index contributed by atoms with van der Waals surface area (Å²) in [6.07, 6.45) is 0. The van der Waals surface area contributed by atoms with E-state index in [4.69, 9.17) is 23.2 Å². The Kier molecular flexibility index (Phi) is 5.10. The molecule has 0 saturated carbocycles. The highest BCUT2D eigenvalue weighted by Gasteiger charge is 2.28. The van der Waals surface area contributed by atoms with Gasteiger partial charge in [-0.3, -0.25) is 4.79 Å². The van der Waals surface area contributed by atoms with Crippen LogP contribution in [-0.4, -0.2) is 29.3 Å². The van der Waals surface area contributed by atoms with Gasteiger partial charge in [-0.05, 0) is 54.6 Å². The van der Waals surface area contributed by atoms with E-state index in [9.17, 15) is 4.79 Å². The lowest BCUT2D eigenvalue weighted by Crippen LogP contribution is -2.46. The van der Waals surface area contributed by atoms with E-state index >= 15 is 0 Å². The molecule has 1 rings (SSSR count). The van der Waals surface area contributed by atoms with Crippen LogP contribution in [0, 0.1) is 3.57 Å². The molecule has 1 aromatic carbocycles. The lowest BCUT2D eigenvalue weighted by molar-refractivity contribution is 0.0659. The summed E-state index contributed by atoms with van der Waals surface area (Å²) in [7, 11) is 1.75. The molecule has 2 nitrogen and oxygen atoms in total. The molecule has 94 valence electrons. The second-order valence-electron chi connectivity index (χ2n) is 4.43. The minimum atomic E-state index is -0.385. The fourth-order valence-corrected chi connectivity index (χ4v) is 2.12. The van der Waals surface area contributed by atoms with Crippen LogP contribution in [0.4, 0.5) is 0 Å². The van der Waals surface area contributed by atoms with Crippen molar-refractivity contribution in [3.8, 4) is 0 Å². The maximum absolute atomic E-state index is 12.3. The standard InChI is InChI=1S/C12H14Cl2INO/c1-12(2,7-13)16(3)11(17)9-6-8(14)4-5-10(9)15/h4-6H,7H2,1-3H3. The molecule has 0 unspecified atom stereocenters. The van der Waals surface area contributed by atoms with E-state index in [1.807, 2.05) is 19.9 Å². The predicted octanol–water partition coefficient (Wildman–Crippen LogP) is 4.03. The Bertz CT molecular complexity index is 435. The van der Waals surface area contributed by atoms with Gasteiger partial charge in [0.1, 0.15) is 0 Å². The molecule has 0 N–H and O–H groups in total. The molecule has 0 spiro atoms. The monoisotopic (exact) mass is 385 g/mol. The summed E-state index contributed by atoms with van der Waals surface area (Å²) in [6, 6.07) is 5.29. The highest BCUT2D eigenvalue weighted by molar-refractivity contribution is 14.1. The van der Waals surface area contributed by atoms with Gasteiger partial charge in [-0.25, -0.2) is 0 Å². The first-order chi connectivity index (χ1) is 7.79. The first kappa shape index (κ1) is 15.1. The number of halogens is 3. The van der Waals surface area contributed by atoms with E-state index < -0.39 is 0 Å². The van der Waals surface area contributed by atoms with Crippen molar-refractivity contribution in [2.45, 2.75) is 19.4 Å². The van der Waals surface area contributed by atoms with Crippen molar-refractivity contribution >= 4 is 51.7 Å². The third-order valence-corrected chi connectivity index (χ3v) is 4.53. The fraction of sp³-hybridized carbons (Fsp3) is 0.417. The molecule has 0 atom stereocenters. The Balaban J connectivity index is 3.08. The number of hydrogen-bond acceptors (Lipinski definition) is 1. The maximum atomic E-state index is 12.3. The molecular weight excluding hydrogens is 372 g/mol. The Morgan fingerprint density at radius 3 is 2.59 bits per heavy atom. The minimum absolute atomic E-state index is 0.0671. The summed E-state index contributed by atoms with van der Waals surface area (Å²) >= 11 is 13.9. The van der Waals surface area contributed by atoms with Crippen molar-refractivity contribution in [1.29, 1.82) is 0 Å². The molecule has 0 fully saturated rings. The Morgan fingerprint density at radius 2 is 2.06 bits per heavy atom. The van der Waals surface area contributed by atoms with Crippen molar-refractivity contribution in [1.82, 2.24) is 4.90 Å². The van der Waals surface area contributed by atoms with Gasteiger partial charge in [-0.2, -0.15) is 0 Å². The summed E-state index contributed by atoms with van der Waals surface area (Å²) in [5, 5.41) is 0.561. The smallest absolute Gasteiger partial charge is 0.255 e. The van der Waals surface area contributed by atoms with Gasteiger partial charge in [-0.15, -0.1) is 11.6 Å². The molecule has 0 aliphatic rings. The van der Waals surface area contributed by atoms with Crippen LogP contribution in [0.2, 0.25) is 5.02 Å². The third-order valence-electron chi connectivity index (χ3n) is 2.70. The second-order valence-corrected chi connectivity index (χ2v) is 6.30. The number of carbonyl (C=O) groups is 1. The van der Waals surface area contributed by atoms with Gasteiger partial charge in [0.2, 0.25) is 0 Å². The zero-order valence-corrected chi connectivity index (χ0v) is 13.6. The van der Waals surface area contributed by atoms with Gasteiger partial charge in [0.05, 0.1) is 11.1 Å². The zero-order chi connectivity index (χ0) is 13.2. The summed E-state index contributed by atoms with van der Waals surface area (Å²) in [5.41, 5.74) is 0.225. The molecule has 0 aromatic heterocycles. The van der Waals surface area contributed by atoms with E-state index in [1.54, 1.807) is 24.1 Å². The second kappa shape index (κ2) is 5.76. The number of hydrogen-bond donors (Lipinski definition) is 0. The van der Waals surface area contributed by atoms with Gasteiger partial charge >= 0.3 is 0 Å². The lowest BCUT2D eigenvalue weighted by atomic mass is 10.0. The van der Waals surface area contributed by atoms with Gasteiger partial charge in [0.15, 0.2) is 0 Å². The zero-order valence-electron chi connectivity index (χ0n) is 9.93. The molecule has 5 heteroatoms. The molecule has 0 radical (unpaired) electrons. The van der Waals surface area contributed by atoms with Crippen molar-refractivity contribution in [2.75, 3.05) is 12.9 Å².